The van der Waals surface area contributed by atoms with Crippen LogP contribution in [0, 0.1) is 6.92 Å². The van der Waals surface area contributed by atoms with Crippen LogP contribution in [0.25, 0.3) is 0 Å². The number of aryl methyl sites for hydroxylation is 1. The topological polar surface area (TPSA) is 73.2 Å². The van der Waals surface area contributed by atoms with Crippen molar-refractivity contribution in [3.63, 3.8) is 0 Å². The summed E-state index contributed by atoms with van der Waals surface area (Å²) >= 11 is 3.90. The number of carbonyl (C=O) groups excluding carboxylic acids is 2. The summed E-state index contributed by atoms with van der Waals surface area (Å²) < 4.78 is 43.6. The maximum atomic E-state index is 12.8. The molecule has 1 amide bonds. The first-order chi connectivity index (χ1) is 10.2. The molecule has 0 unspecified atom stereocenters. The molecule has 0 saturated heterocycles. The molecule has 1 aromatic heterocycles. The Hall–Kier alpha value is -1.71. The number of alkyl halides is 3. The highest BCUT2D eigenvalue weighted by Crippen LogP contribution is 2.29. The van der Waals surface area contributed by atoms with Crippen LogP contribution in [-0.2, 0) is 27.0 Å². The molecule has 0 bridgehead atoms. The zero-order chi connectivity index (χ0) is 16.9. The number of aromatic nitrogens is 2. The zero-order valence-corrected chi connectivity index (χ0v) is 12.9. The van der Waals surface area contributed by atoms with Crippen molar-refractivity contribution in [1.82, 2.24) is 15.1 Å². The Kier molecular flexibility index (Phi) is 6.27. The molecule has 0 saturated carbocycles. The number of nitrogens with zero attached hydrogens (tertiary/aromatic N) is 2. The number of halogens is 3. The Morgan fingerprint density at radius 3 is 2.64 bits per heavy atom. The Labute approximate surface area is 130 Å². The molecule has 1 aromatic rings. The second-order valence-electron chi connectivity index (χ2n) is 4.38. The number of amides is 1. The van der Waals surface area contributed by atoms with Gasteiger partial charge in [0, 0.05) is 5.75 Å². The van der Waals surface area contributed by atoms with Crippen molar-refractivity contribution < 1.29 is 27.5 Å². The minimum atomic E-state index is -4.62. The summed E-state index contributed by atoms with van der Waals surface area (Å²) in [5.74, 6) is -1.52. The van der Waals surface area contributed by atoms with Gasteiger partial charge in [-0.1, -0.05) is 0 Å². The summed E-state index contributed by atoms with van der Waals surface area (Å²) in [6.07, 6.45) is -4.62. The van der Waals surface area contributed by atoms with Crippen molar-refractivity contribution in [2.75, 3.05) is 12.4 Å². The number of hydrogen-bond acceptors (Lipinski definition) is 5. The molecule has 0 aliphatic rings. The molecular weight excluding hydrogens is 323 g/mol. The third kappa shape index (κ3) is 4.93. The molecule has 10 heteroatoms. The maximum Gasteiger partial charge on any atom is 0.433 e. The fraction of sp³-hybridized carbons (Fsp3) is 0.583. The normalized spacial score (nSPS) is 12.8. The van der Waals surface area contributed by atoms with Crippen molar-refractivity contribution in [1.29, 1.82) is 0 Å². The van der Waals surface area contributed by atoms with Crippen LogP contribution in [0.15, 0.2) is 6.07 Å². The van der Waals surface area contributed by atoms with E-state index in [-0.39, 0.29) is 18.1 Å². The van der Waals surface area contributed by atoms with E-state index in [1.165, 1.54) is 6.92 Å². The lowest BCUT2D eigenvalue weighted by molar-refractivity contribution is -0.148. The van der Waals surface area contributed by atoms with Crippen molar-refractivity contribution in [2.24, 2.45) is 0 Å². The average Bonchev–Trinajstić information content (AvgIpc) is 2.77. The third-order valence-corrected chi connectivity index (χ3v) is 2.94. The van der Waals surface area contributed by atoms with Crippen LogP contribution in [0.1, 0.15) is 18.3 Å². The van der Waals surface area contributed by atoms with Gasteiger partial charge in [0.25, 0.3) is 0 Å². The van der Waals surface area contributed by atoms with E-state index >= 15 is 0 Å². The SMILES string of the molecule is CCOC(=O)[C@H](CS)NC(=O)Cn1nc(C)cc1C(F)(F)F. The Morgan fingerprint density at radius 2 is 2.14 bits per heavy atom. The van der Waals surface area contributed by atoms with E-state index in [4.69, 9.17) is 4.74 Å². The van der Waals surface area contributed by atoms with Gasteiger partial charge in [-0.25, -0.2) is 4.79 Å². The number of hydrogen-bond donors (Lipinski definition) is 2. The molecule has 0 aliphatic heterocycles. The number of nitrogens with one attached hydrogen (secondary N) is 1. The van der Waals surface area contributed by atoms with Crippen LogP contribution >= 0.6 is 12.6 Å². The molecule has 1 N–H and O–H groups in total. The highest BCUT2D eigenvalue weighted by molar-refractivity contribution is 7.80. The van der Waals surface area contributed by atoms with Gasteiger partial charge >= 0.3 is 12.1 Å². The van der Waals surface area contributed by atoms with Crippen LogP contribution < -0.4 is 5.32 Å². The average molecular weight is 339 g/mol. The molecule has 1 atom stereocenters. The number of thiol groups is 1. The van der Waals surface area contributed by atoms with E-state index in [1.54, 1.807) is 6.92 Å². The van der Waals surface area contributed by atoms with Gasteiger partial charge < -0.3 is 10.1 Å². The Balaban J connectivity index is 2.79. The van der Waals surface area contributed by atoms with E-state index < -0.39 is 36.3 Å². The first-order valence-corrected chi connectivity index (χ1v) is 7.00. The molecule has 1 rings (SSSR count). The van der Waals surface area contributed by atoms with Crippen LogP contribution in [0.3, 0.4) is 0 Å². The smallest absolute Gasteiger partial charge is 0.433 e. The predicted molar refractivity (Wildman–Crippen MR) is 74.4 cm³/mol. The fourth-order valence-corrected chi connectivity index (χ4v) is 1.93. The Morgan fingerprint density at radius 1 is 1.50 bits per heavy atom. The van der Waals surface area contributed by atoms with Crippen LogP contribution in [0.2, 0.25) is 0 Å². The lowest BCUT2D eigenvalue weighted by Crippen LogP contribution is -2.44. The van der Waals surface area contributed by atoms with Gasteiger partial charge in [-0.3, -0.25) is 9.48 Å². The number of esters is 1. The van der Waals surface area contributed by atoms with Crippen LogP contribution in [0.4, 0.5) is 13.2 Å². The molecule has 0 aliphatic carbocycles. The molecule has 22 heavy (non-hydrogen) atoms. The summed E-state index contributed by atoms with van der Waals surface area (Å²) in [4.78, 5) is 23.3. The van der Waals surface area contributed by atoms with Gasteiger partial charge in [-0.05, 0) is 19.9 Å². The number of ether oxygens (including phenoxy) is 1. The van der Waals surface area contributed by atoms with Gasteiger partial charge in [0.15, 0.2) is 0 Å². The summed E-state index contributed by atoms with van der Waals surface area (Å²) in [6, 6.07) is -0.184. The van der Waals surface area contributed by atoms with E-state index in [0.29, 0.717) is 4.68 Å². The predicted octanol–water partition coefficient (Wildman–Crippen LogP) is 1.19. The molecule has 6 nitrogen and oxygen atoms in total. The molecule has 0 spiro atoms. The first kappa shape index (κ1) is 18.3. The molecule has 0 fully saturated rings. The minimum absolute atomic E-state index is 0.0329. The van der Waals surface area contributed by atoms with E-state index in [9.17, 15) is 22.8 Å². The minimum Gasteiger partial charge on any atom is -0.464 e. The van der Waals surface area contributed by atoms with Crippen molar-refractivity contribution >= 4 is 24.5 Å². The lowest BCUT2D eigenvalue weighted by Gasteiger charge is -2.16. The second kappa shape index (κ2) is 7.52. The quantitative estimate of drug-likeness (QED) is 0.603. The number of carbonyl (C=O) groups is 2. The van der Waals surface area contributed by atoms with Gasteiger partial charge in [0.2, 0.25) is 5.91 Å². The van der Waals surface area contributed by atoms with E-state index in [0.717, 1.165) is 6.07 Å². The maximum absolute atomic E-state index is 12.8. The lowest BCUT2D eigenvalue weighted by atomic mass is 10.3. The zero-order valence-electron chi connectivity index (χ0n) is 12.0. The Bertz CT molecular complexity index is 545. The summed E-state index contributed by atoms with van der Waals surface area (Å²) in [7, 11) is 0. The molecule has 124 valence electrons. The largest absolute Gasteiger partial charge is 0.464 e. The molecule has 0 radical (unpaired) electrons. The second-order valence-corrected chi connectivity index (χ2v) is 4.75. The van der Waals surface area contributed by atoms with Gasteiger partial charge in [-0.2, -0.15) is 30.9 Å². The van der Waals surface area contributed by atoms with E-state index in [2.05, 4.69) is 23.0 Å². The standard InChI is InChI=1S/C12H16F3N3O3S/c1-3-21-11(20)8(6-22)16-10(19)5-18-9(12(13,14)15)4-7(2)17-18/h4,8,22H,3,5-6H2,1-2H3,(H,16,19)/t8-/m0/s1. The highest BCUT2D eigenvalue weighted by atomic mass is 32.1. The highest BCUT2D eigenvalue weighted by Gasteiger charge is 2.36. The summed E-state index contributed by atoms with van der Waals surface area (Å²) in [5.41, 5.74) is -0.894. The fourth-order valence-electron chi connectivity index (χ4n) is 1.69. The van der Waals surface area contributed by atoms with Crippen LogP contribution in [0.5, 0.6) is 0 Å². The van der Waals surface area contributed by atoms with Gasteiger partial charge in [-0.15, -0.1) is 0 Å². The van der Waals surface area contributed by atoms with Crippen molar-refractivity contribution in [3.8, 4) is 0 Å². The summed E-state index contributed by atoms with van der Waals surface area (Å²) in [6.45, 7) is 2.44. The van der Waals surface area contributed by atoms with Crippen molar-refractivity contribution in [2.45, 2.75) is 32.6 Å². The molecule has 1 heterocycles. The first-order valence-electron chi connectivity index (χ1n) is 6.37. The van der Waals surface area contributed by atoms with Gasteiger partial charge in [0.1, 0.15) is 18.3 Å². The van der Waals surface area contributed by atoms with Crippen molar-refractivity contribution in [3.05, 3.63) is 17.5 Å². The van der Waals surface area contributed by atoms with Crippen LogP contribution in [-0.4, -0.2) is 40.1 Å². The monoisotopic (exact) mass is 339 g/mol. The van der Waals surface area contributed by atoms with E-state index in [1.807, 2.05) is 0 Å². The molecular formula is C12H16F3N3O3S. The van der Waals surface area contributed by atoms with Gasteiger partial charge in [0.05, 0.1) is 12.3 Å². The summed E-state index contributed by atoms with van der Waals surface area (Å²) in [5, 5.41) is 5.90. The molecule has 0 aromatic carbocycles. The number of rotatable bonds is 6. The third-order valence-electron chi connectivity index (χ3n) is 2.57.